The van der Waals surface area contributed by atoms with Gasteiger partial charge in [-0.25, -0.2) is 0 Å². The summed E-state index contributed by atoms with van der Waals surface area (Å²) in [5, 5.41) is 3.11. The molecular formula is C30H35BrN2O2S. The SMILES string of the molecule is CC(C)(C)NC(=O)[C@@H](Cc1ccccc1)N(Cc1cccc(Br)c1)C(=O)CCSCc1ccccc1. The molecule has 3 rings (SSSR count). The number of carbonyl (C=O) groups is 2. The van der Waals surface area contributed by atoms with Crippen LogP contribution in [0.15, 0.2) is 89.4 Å². The number of nitrogens with one attached hydrogen (secondary N) is 1. The molecule has 0 aliphatic rings. The Hall–Kier alpha value is -2.57. The summed E-state index contributed by atoms with van der Waals surface area (Å²) in [7, 11) is 0. The van der Waals surface area contributed by atoms with Gasteiger partial charge in [0.05, 0.1) is 0 Å². The predicted octanol–water partition coefficient (Wildman–Crippen LogP) is 6.63. The van der Waals surface area contributed by atoms with Gasteiger partial charge in [0.15, 0.2) is 0 Å². The highest BCUT2D eigenvalue weighted by atomic mass is 79.9. The Bertz CT molecular complexity index is 1120. The molecule has 0 heterocycles. The second-order valence-corrected chi connectivity index (χ2v) is 11.9. The van der Waals surface area contributed by atoms with E-state index in [1.54, 1.807) is 16.7 Å². The van der Waals surface area contributed by atoms with Crippen LogP contribution in [-0.4, -0.2) is 34.0 Å². The Morgan fingerprint density at radius 1 is 0.889 bits per heavy atom. The summed E-state index contributed by atoms with van der Waals surface area (Å²) in [6.07, 6.45) is 0.833. The number of hydrogen-bond donors (Lipinski definition) is 1. The van der Waals surface area contributed by atoms with E-state index in [2.05, 4.69) is 33.4 Å². The molecule has 0 aromatic heterocycles. The molecule has 0 radical (unpaired) electrons. The summed E-state index contributed by atoms with van der Waals surface area (Å²) >= 11 is 5.28. The van der Waals surface area contributed by atoms with Crippen LogP contribution in [0.1, 0.15) is 43.9 Å². The third-order valence-electron chi connectivity index (χ3n) is 5.58. The van der Waals surface area contributed by atoms with E-state index in [9.17, 15) is 9.59 Å². The Morgan fingerprint density at radius 2 is 1.50 bits per heavy atom. The van der Waals surface area contributed by atoms with Crippen molar-refractivity contribution >= 4 is 39.5 Å². The summed E-state index contributed by atoms with van der Waals surface area (Å²) < 4.78 is 0.949. The van der Waals surface area contributed by atoms with Crippen molar-refractivity contribution in [2.24, 2.45) is 0 Å². The normalized spacial score (nSPS) is 12.1. The second kappa shape index (κ2) is 13.7. The van der Waals surface area contributed by atoms with Gasteiger partial charge in [-0.1, -0.05) is 88.7 Å². The molecule has 1 N–H and O–H groups in total. The van der Waals surface area contributed by atoms with Gasteiger partial charge in [0.25, 0.3) is 0 Å². The van der Waals surface area contributed by atoms with Crippen molar-refractivity contribution in [2.45, 2.75) is 57.5 Å². The molecule has 36 heavy (non-hydrogen) atoms. The molecule has 0 bridgehead atoms. The van der Waals surface area contributed by atoms with Crippen molar-refractivity contribution in [1.82, 2.24) is 10.2 Å². The maximum Gasteiger partial charge on any atom is 0.243 e. The molecular weight excluding hydrogens is 532 g/mol. The van der Waals surface area contributed by atoms with Crippen LogP contribution in [-0.2, 0) is 28.3 Å². The van der Waals surface area contributed by atoms with E-state index in [0.29, 0.717) is 25.1 Å². The summed E-state index contributed by atoms with van der Waals surface area (Å²) in [5.41, 5.74) is 2.85. The molecule has 0 saturated heterocycles. The zero-order valence-electron chi connectivity index (χ0n) is 21.2. The molecule has 3 aromatic carbocycles. The lowest BCUT2D eigenvalue weighted by Gasteiger charge is -2.34. The van der Waals surface area contributed by atoms with E-state index in [-0.39, 0.29) is 11.8 Å². The maximum absolute atomic E-state index is 13.7. The molecule has 0 aliphatic heterocycles. The average molecular weight is 568 g/mol. The van der Waals surface area contributed by atoms with Crippen LogP contribution < -0.4 is 5.32 Å². The summed E-state index contributed by atoms with van der Waals surface area (Å²) in [5.74, 6) is 1.41. The molecule has 3 aromatic rings. The van der Waals surface area contributed by atoms with Crippen LogP contribution in [0.25, 0.3) is 0 Å². The maximum atomic E-state index is 13.7. The van der Waals surface area contributed by atoms with Gasteiger partial charge in [-0.2, -0.15) is 11.8 Å². The highest BCUT2D eigenvalue weighted by Gasteiger charge is 2.32. The van der Waals surface area contributed by atoms with Gasteiger partial charge in [0.2, 0.25) is 11.8 Å². The molecule has 1 atom stereocenters. The lowest BCUT2D eigenvalue weighted by Crippen LogP contribution is -2.54. The van der Waals surface area contributed by atoms with Gasteiger partial charge in [-0.15, -0.1) is 0 Å². The van der Waals surface area contributed by atoms with E-state index in [1.807, 2.05) is 93.6 Å². The number of hydrogen-bond acceptors (Lipinski definition) is 3. The molecule has 0 fully saturated rings. The molecule has 190 valence electrons. The first kappa shape index (κ1) is 28.0. The van der Waals surface area contributed by atoms with Crippen LogP contribution in [0.2, 0.25) is 0 Å². The van der Waals surface area contributed by atoms with Crippen molar-refractivity contribution in [1.29, 1.82) is 0 Å². The van der Waals surface area contributed by atoms with Gasteiger partial charge in [-0.05, 0) is 49.6 Å². The third kappa shape index (κ3) is 9.47. The minimum absolute atomic E-state index is 0.0134. The lowest BCUT2D eigenvalue weighted by molar-refractivity contribution is -0.141. The monoisotopic (exact) mass is 566 g/mol. The second-order valence-electron chi connectivity index (χ2n) is 9.88. The van der Waals surface area contributed by atoms with Crippen LogP contribution in [0.4, 0.5) is 0 Å². The van der Waals surface area contributed by atoms with E-state index in [1.165, 1.54) is 5.56 Å². The average Bonchev–Trinajstić information content (AvgIpc) is 2.84. The summed E-state index contributed by atoms with van der Waals surface area (Å²) in [6.45, 7) is 6.26. The van der Waals surface area contributed by atoms with E-state index < -0.39 is 11.6 Å². The summed E-state index contributed by atoms with van der Waals surface area (Å²) in [4.78, 5) is 29.0. The highest BCUT2D eigenvalue weighted by Crippen LogP contribution is 2.20. The van der Waals surface area contributed by atoms with E-state index in [4.69, 9.17) is 0 Å². The van der Waals surface area contributed by atoms with Crippen molar-refractivity contribution < 1.29 is 9.59 Å². The van der Waals surface area contributed by atoms with E-state index in [0.717, 1.165) is 21.4 Å². The molecule has 0 saturated carbocycles. The Labute approximate surface area is 228 Å². The fourth-order valence-corrected chi connectivity index (χ4v) is 5.24. The zero-order chi connectivity index (χ0) is 26.0. The quantitative estimate of drug-likeness (QED) is 0.265. The number of halogens is 1. The van der Waals surface area contributed by atoms with Crippen LogP contribution >= 0.6 is 27.7 Å². The highest BCUT2D eigenvalue weighted by molar-refractivity contribution is 9.10. The first-order valence-electron chi connectivity index (χ1n) is 12.2. The molecule has 0 aliphatic carbocycles. The lowest BCUT2D eigenvalue weighted by atomic mass is 10.0. The molecule has 0 spiro atoms. The fraction of sp³-hybridized carbons (Fsp3) is 0.333. The third-order valence-corrected chi connectivity index (χ3v) is 7.11. The topological polar surface area (TPSA) is 49.4 Å². The van der Waals surface area contributed by atoms with Gasteiger partial charge < -0.3 is 10.2 Å². The van der Waals surface area contributed by atoms with Gasteiger partial charge >= 0.3 is 0 Å². The van der Waals surface area contributed by atoms with Crippen LogP contribution in [0, 0.1) is 0 Å². The smallest absolute Gasteiger partial charge is 0.243 e. The van der Waals surface area contributed by atoms with Crippen LogP contribution in [0.5, 0.6) is 0 Å². The number of carbonyl (C=O) groups excluding carboxylic acids is 2. The van der Waals surface area contributed by atoms with Gasteiger partial charge in [0, 0.05) is 40.9 Å². The Kier molecular flexibility index (Phi) is 10.6. The predicted molar refractivity (Wildman–Crippen MR) is 154 cm³/mol. The number of rotatable bonds is 11. The number of thioether (sulfide) groups is 1. The Morgan fingerprint density at radius 3 is 2.11 bits per heavy atom. The number of nitrogens with zero attached hydrogens (tertiary/aromatic N) is 1. The van der Waals surface area contributed by atoms with Crippen molar-refractivity contribution in [3.8, 4) is 0 Å². The standard InChI is InChI=1S/C30H35BrN2O2S/c1-30(2,3)32-29(35)27(20-23-11-6-4-7-12-23)33(21-25-15-10-16-26(31)19-25)28(34)17-18-36-22-24-13-8-5-9-14-24/h4-16,19,27H,17-18,20-22H2,1-3H3,(H,32,35)/t27-/m1/s1. The van der Waals surface area contributed by atoms with Crippen LogP contribution in [0.3, 0.4) is 0 Å². The minimum atomic E-state index is -0.614. The molecule has 2 amide bonds. The van der Waals surface area contributed by atoms with Gasteiger partial charge in [-0.3, -0.25) is 9.59 Å². The number of benzene rings is 3. The largest absolute Gasteiger partial charge is 0.350 e. The molecule has 0 unspecified atom stereocenters. The molecule has 6 heteroatoms. The summed E-state index contributed by atoms with van der Waals surface area (Å²) in [6, 6.07) is 27.5. The fourth-order valence-electron chi connectivity index (χ4n) is 3.91. The zero-order valence-corrected chi connectivity index (χ0v) is 23.6. The van der Waals surface area contributed by atoms with Crippen molar-refractivity contribution in [3.63, 3.8) is 0 Å². The van der Waals surface area contributed by atoms with E-state index >= 15 is 0 Å². The first-order chi connectivity index (χ1) is 17.2. The van der Waals surface area contributed by atoms with Crippen molar-refractivity contribution in [2.75, 3.05) is 5.75 Å². The molecule has 4 nitrogen and oxygen atoms in total. The Balaban J connectivity index is 1.82. The van der Waals surface area contributed by atoms with Gasteiger partial charge in [0.1, 0.15) is 6.04 Å². The number of amides is 2. The van der Waals surface area contributed by atoms with Crippen molar-refractivity contribution in [3.05, 3.63) is 106 Å². The first-order valence-corrected chi connectivity index (χ1v) is 14.2. The minimum Gasteiger partial charge on any atom is -0.350 e.